The molecular weight excluding hydrogens is 232 g/mol. The van der Waals surface area contributed by atoms with Crippen LogP contribution in [0.25, 0.3) is 0 Å². The number of aromatic nitrogens is 2. The Morgan fingerprint density at radius 2 is 2.12 bits per heavy atom. The van der Waals surface area contributed by atoms with Gasteiger partial charge in [0.2, 0.25) is 5.95 Å². The maximum atomic E-state index is 10.1. The number of hydrogen-bond donors (Lipinski definition) is 2. The molecule has 16 heavy (non-hydrogen) atoms. The molecule has 1 unspecified atom stereocenters. The van der Waals surface area contributed by atoms with E-state index in [1.54, 1.807) is 0 Å². The summed E-state index contributed by atoms with van der Waals surface area (Å²) in [4.78, 5) is 9.55. The Balaban J connectivity index is 2.15. The Labute approximate surface area is 98.0 Å². The highest BCUT2D eigenvalue weighted by molar-refractivity contribution is 6.29. The highest BCUT2D eigenvalue weighted by atomic mass is 35.5. The molecule has 1 aliphatic heterocycles. The number of anilines is 1. The van der Waals surface area contributed by atoms with Gasteiger partial charge >= 0.3 is 0 Å². The fraction of sp³-hybridized carbons (Fsp3) is 0.556. The monoisotopic (exact) mass is 244 g/mol. The summed E-state index contributed by atoms with van der Waals surface area (Å²) in [5.74, 6) is 0.0646. The number of rotatable bonds is 2. The Hall–Kier alpha value is -0.950. The first-order valence-corrected chi connectivity index (χ1v) is 5.34. The summed E-state index contributed by atoms with van der Waals surface area (Å²) in [6.07, 6.45) is -0.813. The first-order chi connectivity index (χ1) is 7.66. The maximum Gasteiger partial charge on any atom is 0.221 e. The average Bonchev–Trinajstić information content (AvgIpc) is 2.28. The van der Waals surface area contributed by atoms with E-state index in [9.17, 15) is 5.11 Å². The van der Waals surface area contributed by atoms with Crippen LogP contribution in [0.2, 0.25) is 5.15 Å². The van der Waals surface area contributed by atoms with E-state index < -0.39 is 6.23 Å². The molecule has 0 amide bonds. The van der Waals surface area contributed by atoms with Crippen LogP contribution in [-0.2, 0) is 4.74 Å². The minimum absolute atomic E-state index is 0.0646. The number of aliphatic hydroxyl groups is 1. The number of halogens is 1. The van der Waals surface area contributed by atoms with Crippen molar-refractivity contribution in [1.82, 2.24) is 14.9 Å². The molecule has 1 aliphatic rings. The van der Waals surface area contributed by atoms with Crippen LogP contribution in [0.1, 0.15) is 11.9 Å². The first-order valence-electron chi connectivity index (χ1n) is 4.96. The second kappa shape index (κ2) is 4.92. The van der Waals surface area contributed by atoms with Crippen LogP contribution in [0.15, 0.2) is 6.07 Å². The molecule has 0 bridgehead atoms. The van der Waals surface area contributed by atoms with Gasteiger partial charge in [-0.1, -0.05) is 11.6 Å². The van der Waals surface area contributed by atoms with E-state index in [0.717, 1.165) is 0 Å². The van der Waals surface area contributed by atoms with Gasteiger partial charge in [-0.2, -0.15) is 0 Å². The fourth-order valence-corrected chi connectivity index (χ4v) is 1.79. The number of morpholine rings is 1. The van der Waals surface area contributed by atoms with Crippen molar-refractivity contribution in [2.24, 2.45) is 0 Å². The van der Waals surface area contributed by atoms with Crippen molar-refractivity contribution in [1.29, 1.82) is 0 Å². The van der Waals surface area contributed by atoms with E-state index in [4.69, 9.17) is 22.1 Å². The molecule has 0 aliphatic carbocycles. The van der Waals surface area contributed by atoms with Crippen LogP contribution in [-0.4, -0.2) is 46.3 Å². The largest absolute Gasteiger partial charge is 0.379 e. The lowest BCUT2D eigenvalue weighted by molar-refractivity contribution is -0.0622. The van der Waals surface area contributed by atoms with Gasteiger partial charge in [0.05, 0.1) is 18.9 Å². The maximum absolute atomic E-state index is 10.1. The van der Waals surface area contributed by atoms with Crippen LogP contribution < -0.4 is 5.73 Å². The molecule has 1 aromatic heterocycles. The van der Waals surface area contributed by atoms with Crippen LogP contribution in [0.3, 0.4) is 0 Å². The summed E-state index contributed by atoms with van der Waals surface area (Å²) in [5, 5.41) is 10.3. The summed E-state index contributed by atoms with van der Waals surface area (Å²) < 4.78 is 5.20. The third-order valence-electron chi connectivity index (χ3n) is 2.39. The minimum atomic E-state index is -0.813. The Kier molecular flexibility index (Phi) is 3.55. The second-order valence-corrected chi connectivity index (χ2v) is 3.88. The van der Waals surface area contributed by atoms with E-state index in [1.807, 2.05) is 4.90 Å². The highest BCUT2D eigenvalue weighted by Gasteiger charge is 2.22. The molecule has 1 aromatic rings. The van der Waals surface area contributed by atoms with Crippen LogP contribution >= 0.6 is 11.6 Å². The van der Waals surface area contributed by atoms with Crippen molar-refractivity contribution in [2.75, 3.05) is 32.0 Å². The van der Waals surface area contributed by atoms with E-state index in [-0.39, 0.29) is 11.1 Å². The normalized spacial score (nSPS) is 19.6. The summed E-state index contributed by atoms with van der Waals surface area (Å²) in [6.45, 7) is 2.52. The summed E-state index contributed by atoms with van der Waals surface area (Å²) in [6, 6.07) is 1.51. The molecule has 0 radical (unpaired) electrons. The van der Waals surface area contributed by atoms with Gasteiger partial charge in [-0.3, -0.25) is 4.90 Å². The quantitative estimate of drug-likeness (QED) is 0.715. The highest BCUT2D eigenvalue weighted by Crippen LogP contribution is 2.19. The second-order valence-electron chi connectivity index (χ2n) is 3.50. The molecule has 7 heteroatoms. The summed E-state index contributed by atoms with van der Waals surface area (Å²) in [5.41, 5.74) is 5.88. The lowest BCUT2D eigenvalue weighted by atomic mass is 10.3. The van der Waals surface area contributed by atoms with Crippen LogP contribution in [0.5, 0.6) is 0 Å². The number of nitrogens with two attached hydrogens (primary N) is 1. The van der Waals surface area contributed by atoms with Gasteiger partial charge in [-0.15, -0.1) is 0 Å². The number of aliphatic hydroxyl groups excluding tert-OH is 1. The smallest absolute Gasteiger partial charge is 0.221 e. The molecular formula is C9H13ClN4O2. The number of hydrogen-bond acceptors (Lipinski definition) is 6. The molecule has 0 saturated carbocycles. The molecule has 0 spiro atoms. The average molecular weight is 245 g/mol. The number of ether oxygens (including phenoxy) is 1. The van der Waals surface area contributed by atoms with Gasteiger partial charge in [-0.25, -0.2) is 9.97 Å². The zero-order valence-electron chi connectivity index (χ0n) is 8.64. The van der Waals surface area contributed by atoms with Gasteiger partial charge in [0.1, 0.15) is 5.15 Å². The topological polar surface area (TPSA) is 84.5 Å². The molecule has 2 rings (SSSR count). The van der Waals surface area contributed by atoms with E-state index in [2.05, 4.69) is 9.97 Å². The standard InChI is InChI=1S/C9H13ClN4O2/c10-7-5-6(12-9(11)13-7)8(15)14-1-3-16-4-2-14/h5,8,15H,1-4H2,(H2,11,12,13). The van der Waals surface area contributed by atoms with Crippen molar-refractivity contribution in [3.8, 4) is 0 Å². The fourth-order valence-electron chi connectivity index (χ4n) is 1.59. The van der Waals surface area contributed by atoms with E-state index >= 15 is 0 Å². The van der Waals surface area contributed by atoms with Crippen molar-refractivity contribution >= 4 is 17.5 Å². The zero-order valence-corrected chi connectivity index (χ0v) is 9.39. The first kappa shape index (κ1) is 11.5. The molecule has 0 aromatic carbocycles. The Morgan fingerprint density at radius 3 is 2.75 bits per heavy atom. The Morgan fingerprint density at radius 1 is 1.44 bits per heavy atom. The van der Waals surface area contributed by atoms with Crippen molar-refractivity contribution in [3.05, 3.63) is 16.9 Å². The summed E-state index contributed by atoms with van der Waals surface area (Å²) in [7, 11) is 0. The Bertz CT molecular complexity index is 350. The van der Waals surface area contributed by atoms with Gasteiger partial charge < -0.3 is 15.6 Å². The third kappa shape index (κ3) is 2.59. The predicted octanol–water partition coefficient (Wildman–Crippen LogP) is 0.0353. The van der Waals surface area contributed by atoms with Gasteiger partial charge in [0, 0.05) is 19.2 Å². The molecule has 2 heterocycles. The van der Waals surface area contributed by atoms with Gasteiger partial charge in [-0.05, 0) is 0 Å². The van der Waals surface area contributed by atoms with E-state index in [0.29, 0.717) is 32.0 Å². The third-order valence-corrected chi connectivity index (χ3v) is 2.58. The molecule has 6 nitrogen and oxygen atoms in total. The lowest BCUT2D eigenvalue weighted by Gasteiger charge is -2.30. The van der Waals surface area contributed by atoms with Crippen molar-refractivity contribution < 1.29 is 9.84 Å². The van der Waals surface area contributed by atoms with E-state index in [1.165, 1.54) is 6.07 Å². The predicted molar refractivity (Wildman–Crippen MR) is 58.8 cm³/mol. The molecule has 3 N–H and O–H groups in total. The minimum Gasteiger partial charge on any atom is -0.379 e. The molecule has 1 saturated heterocycles. The van der Waals surface area contributed by atoms with Gasteiger partial charge in [0.25, 0.3) is 0 Å². The number of nitrogens with zero attached hydrogens (tertiary/aromatic N) is 3. The summed E-state index contributed by atoms with van der Waals surface area (Å²) >= 11 is 5.75. The lowest BCUT2D eigenvalue weighted by Crippen LogP contribution is -2.39. The van der Waals surface area contributed by atoms with Crippen molar-refractivity contribution in [3.63, 3.8) is 0 Å². The molecule has 88 valence electrons. The molecule has 1 fully saturated rings. The van der Waals surface area contributed by atoms with Gasteiger partial charge in [0.15, 0.2) is 6.23 Å². The van der Waals surface area contributed by atoms with Crippen LogP contribution in [0.4, 0.5) is 5.95 Å². The molecule has 1 atom stereocenters. The van der Waals surface area contributed by atoms with Crippen molar-refractivity contribution in [2.45, 2.75) is 6.23 Å². The number of nitrogen functional groups attached to an aromatic ring is 1. The zero-order chi connectivity index (χ0) is 11.5. The SMILES string of the molecule is Nc1nc(Cl)cc(C(O)N2CCOCC2)n1. The van der Waals surface area contributed by atoms with Crippen LogP contribution in [0, 0.1) is 0 Å².